The van der Waals surface area contributed by atoms with E-state index in [0.29, 0.717) is 26.2 Å². The maximum Gasteiger partial charge on any atom is 0.350 e. The fourth-order valence-electron chi connectivity index (χ4n) is 2.34. The van der Waals surface area contributed by atoms with Crippen molar-refractivity contribution in [2.24, 2.45) is 0 Å². The number of ether oxygens (including phenoxy) is 1. The van der Waals surface area contributed by atoms with E-state index in [2.05, 4.69) is 4.98 Å². The molecule has 0 saturated carbocycles. The van der Waals surface area contributed by atoms with E-state index in [1.54, 1.807) is 0 Å². The molecular weight excluding hydrogens is 495 g/mol. The molecule has 0 aliphatic rings. The SMILES string of the molecule is COC(=O)c1sc(-c2c(Cl)cc(Cl)cc2Cl)nc1-c1c(Cl)cc(Cl)cc1Cl. The largest absolute Gasteiger partial charge is 0.465 e. The van der Waals surface area contributed by atoms with Crippen molar-refractivity contribution in [1.82, 2.24) is 4.98 Å². The van der Waals surface area contributed by atoms with Gasteiger partial charge in [-0.25, -0.2) is 9.78 Å². The maximum atomic E-state index is 12.3. The van der Waals surface area contributed by atoms with Gasteiger partial charge >= 0.3 is 5.97 Å². The van der Waals surface area contributed by atoms with Crippen LogP contribution in [0.4, 0.5) is 0 Å². The number of carbonyl (C=O) groups excluding carboxylic acids is 1. The number of rotatable bonds is 3. The number of nitrogens with zero attached hydrogens (tertiary/aromatic N) is 1. The zero-order valence-electron chi connectivity index (χ0n) is 13.2. The summed E-state index contributed by atoms with van der Waals surface area (Å²) in [5, 5.41) is 2.18. The summed E-state index contributed by atoms with van der Waals surface area (Å²) < 4.78 is 4.86. The van der Waals surface area contributed by atoms with Crippen molar-refractivity contribution in [3.05, 3.63) is 59.3 Å². The van der Waals surface area contributed by atoms with Gasteiger partial charge < -0.3 is 4.74 Å². The van der Waals surface area contributed by atoms with Crippen molar-refractivity contribution in [3.63, 3.8) is 0 Å². The van der Waals surface area contributed by atoms with Crippen molar-refractivity contribution < 1.29 is 9.53 Å². The van der Waals surface area contributed by atoms with Crippen LogP contribution in [0.5, 0.6) is 0 Å². The minimum absolute atomic E-state index is 0.195. The van der Waals surface area contributed by atoms with E-state index >= 15 is 0 Å². The molecule has 0 aliphatic carbocycles. The Kier molecular flexibility index (Phi) is 6.48. The second-order valence-corrected chi connectivity index (χ2v) is 8.68. The monoisotopic (exact) mass is 499 g/mol. The van der Waals surface area contributed by atoms with Gasteiger partial charge in [0.25, 0.3) is 0 Å². The standard InChI is InChI=1S/C17H7Cl6NO2S/c1-26-17(25)15-14(12-8(20)2-6(18)3-9(12)21)24-16(27-15)13-10(22)4-7(19)5-11(13)23/h2-5H,1H3. The molecule has 0 spiro atoms. The summed E-state index contributed by atoms with van der Waals surface area (Å²) in [6.45, 7) is 0. The van der Waals surface area contributed by atoms with Crippen LogP contribution in [-0.4, -0.2) is 18.1 Å². The number of hydrogen-bond donors (Lipinski definition) is 0. The van der Waals surface area contributed by atoms with E-state index in [9.17, 15) is 4.79 Å². The highest BCUT2D eigenvalue weighted by molar-refractivity contribution is 7.17. The van der Waals surface area contributed by atoms with Gasteiger partial charge in [0.1, 0.15) is 9.88 Å². The molecule has 0 N–H and O–H groups in total. The van der Waals surface area contributed by atoms with Gasteiger partial charge in [0.2, 0.25) is 0 Å². The average molecular weight is 502 g/mol. The number of aromatic nitrogens is 1. The summed E-state index contributed by atoms with van der Waals surface area (Å²) in [6, 6.07) is 6.08. The van der Waals surface area contributed by atoms with Gasteiger partial charge in [-0.3, -0.25) is 0 Å². The van der Waals surface area contributed by atoms with E-state index < -0.39 is 5.97 Å². The predicted octanol–water partition coefficient (Wildman–Crippen LogP) is 8.18. The van der Waals surface area contributed by atoms with Gasteiger partial charge in [-0.2, -0.15) is 0 Å². The zero-order valence-corrected chi connectivity index (χ0v) is 18.6. The van der Waals surface area contributed by atoms with E-state index in [-0.39, 0.29) is 30.7 Å². The Morgan fingerprint density at radius 2 is 1.30 bits per heavy atom. The van der Waals surface area contributed by atoms with Gasteiger partial charge in [-0.05, 0) is 24.3 Å². The Morgan fingerprint density at radius 1 is 0.852 bits per heavy atom. The van der Waals surface area contributed by atoms with Crippen LogP contribution in [-0.2, 0) is 4.74 Å². The number of hydrogen-bond acceptors (Lipinski definition) is 4. The number of benzene rings is 2. The molecule has 0 aliphatic heterocycles. The lowest BCUT2D eigenvalue weighted by Crippen LogP contribution is -2.01. The molecule has 0 radical (unpaired) electrons. The highest BCUT2D eigenvalue weighted by atomic mass is 35.5. The zero-order chi connectivity index (χ0) is 19.9. The first-order valence-corrected chi connectivity index (χ1v) is 10.2. The van der Waals surface area contributed by atoms with Crippen molar-refractivity contribution in [2.45, 2.75) is 0 Å². The van der Waals surface area contributed by atoms with Gasteiger partial charge in [0, 0.05) is 21.2 Å². The Labute approximate surface area is 188 Å². The lowest BCUT2D eigenvalue weighted by Gasteiger charge is -2.07. The minimum atomic E-state index is -0.600. The minimum Gasteiger partial charge on any atom is -0.465 e. The summed E-state index contributed by atoms with van der Waals surface area (Å²) in [5.74, 6) is -0.600. The molecule has 1 aromatic heterocycles. The van der Waals surface area contributed by atoms with Crippen molar-refractivity contribution >= 4 is 86.9 Å². The molecule has 0 saturated heterocycles. The Morgan fingerprint density at radius 3 is 1.74 bits per heavy atom. The Bertz CT molecular complexity index is 1020. The molecule has 27 heavy (non-hydrogen) atoms. The summed E-state index contributed by atoms with van der Waals surface area (Å²) >= 11 is 38.2. The van der Waals surface area contributed by atoms with E-state index in [0.717, 1.165) is 11.3 Å². The molecule has 1 heterocycles. The smallest absolute Gasteiger partial charge is 0.350 e. The van der Waals surface area contributed by atoms with Gasteiger partial charge in [0.15, 0.2) is 0 Å². The fourth-order valence-corrected chi connectivity index (χ4v) is 5.51. The first kappa shape index (κ1) is 21.0. The highest BCUT2D eigenvalue weighted by Gasteiger charge is 2.26. The van der Waals surface area contributed by atoms with E-state index in [1.807, 2.05) is 0 Å². The van der Waals surface area contributed by atoms with Crippen LogP contribution in [0, 0.1) is 0 Å². The number of carbonyl (C=O) groups is 1. The average Bonchev–Trinajstić information content (AvgIpc) is 2.96. The summed E-state index contributed by atoms with van der Waals surface area (Å²) in [7, 11) is 1.26. The molecule has 0 bridgehead atoms. The lowest BCUT2D eigenvalue weighted by atomic mass is 10.1. The third-order valence-electron chi connectivity index (χ3n) is 3.46. The van der Waals surface area contributed by atoms with Crippen LogP contribution in [0.2, 0.25) is 30.1 Å². The second kappa shape index (κ2) is 8.34. The van der Waals surface area contributed by atoms with Crippen LogP contribution in [0.3, 0.4) is 0 Å². The van der Waals surface area contributed by atoms with Crippen molar-refractivity contribution in [2.75, 3.05) is 7.11 Å². The molecule has 0 atom stereocenters. The fraction of sp³-hybridized carbons (Fsp3) is 0.0588. The highest BCUT2D eigenvalue weighted by Crippen LogP contribution is 2.45. The van der Waals surface area contributed by atoms with Crippen LogP contribution < -0.4 is 0 Å². The molecule has 10 heteroatoms. The van der Waals surface area contributed by atoms with E-state index in [4.69, 9.17) is 74.3 Å². The molecule has 0 amide bonds. The molecule has 3 rings (SSSR count). The number of esters is 1. The van der Waals surface area contributed by atoms with Gasteiger partial charge in [-0.15, -0.1) is 11.3 Å². The third-order valence-corrected chi connectivity index (χ3v) is 6.14. The van der Waals surface area contributed by atoms with Crippen LogP contribution in [0.25, 0.3) is 21.8 Å². The molecule has 140 valence electrons. The summed E-state index contributed by atoms with van der Waals surface area (Å²) in [6.07, 6.45) is 0. The first-order valence-electron chi connectivity index (χ1n) is 7.12. The molecule has 3 aromatic rings. The Balaban J connectivity index is 2.30. The normalized spacial score (nSPS) is 10.9. The van der Waals surface area contributed by atoms with Gasteiger partial charge in [0.05, 0.1) is 32.9 Å². The maximum absolute atomic E-state index is 12.3. The summed E-state index contributed by atoms with van der Waals surface area (Å²) in [4.78, 5) is 17.0. The number of thiazole rings is 1. The second-order valence-electron chi connectivity index (χ2n) is 5.18. The number of halogens is 6. The summed E-state index contributed by atoms with van der Waals surface area (Å²) in [5.41, 5.74) is 1.03. The predicted molar refractivity (Wildman–Crippen MR) is 114 cm³/mol. The Hall–Kier alpha value is -0.720. The topological polar surface area (TPSA) is 39.2 Å². The molecule has 2 aromatic carbocycles. The quantitative estimate of drug-likeness (QED) is 0.339. The van der Waals surface area contributed by atoms with Crippen molar-refractivity contribution in [3.8, 4) is 21.8 Å². The number of methoxy groups -OCH3 is 1. The molecule has 0 unspecified atom stereocenters. The van der Waals surface area contributed by atoms with Crippen molar-refractivity contribution in [1.29, 1.82) is 0 Å². The molecule has 0 fully saturated rings. The van der Waals surface area contributed by atoms with Gasteiger partial charge in [-0.1, -0.05) is 69.6 Å². The first-order chi connectivity index (χ1) is 12.7. The van der Waals surface area contributed by atoms with Crippen LogP contribution in [0.1, 0.15) is 9.67 Å². The molecule has 3 nitrogen and oxygen atoms in total. The van der Waals surface area contributed by atoms with Crippen LogP contribution >= 0.6 is 80.9 Å². The van der Waals surface area contributed by atoms with E-state index in [1.165, 1.54) is 31.4 Å². The molecular formula is C17H7Cl6NO2S. The lowest BCUT2D eigenvalue weighted by molar-refractivity contribution is 0.0607. The van der Waals surface area contributed by atoms with Crippen LogP contribution in [0.15, 0.2) is 24.3 Å². The third kappa shape index (κ3) is 4.18.